The molecule has 0 radical (unpaired) electrons. The molecule has 0 aromatic heterocycles. The second-order valence-corrected chi connectivity index (χ2v) is 8.86. The first-order valence-electron chi connectivity index (χ1n) is 10.9. The Labute approximate surface area is 204 Å². The summed E-state index contributed by atoms with van der Waals surface area (Å²) in [5.74, 6) is 0.597. The Hall–Kier alpha value is -1.01. The number of hydrogen-bond acceptors (Lipinski definition) is 4. The van der Waals surface area contributed by atoms with Crippen molar-refractivity contribution in [3.8, 4) is 22.6 Å². The Kier molecular flexibility index (Phi) is 10.7. The molecule has 158 valence electrons. The van der Waals surface area contributed by atoms with Crippen LogP contribution in [0.5, 0.6) is 11.5 Å². The van der Waals surface area contributed by atoms with Crippen molar-refractivity contribution < 1.29 is 46.3 Å². The van der Waals surface area contributed by atoms with Crippen LogP contribution in [0.15, 0.2) is 36.4 Å². The quantitative estimate of drug-likeness (QED) is 0.288. The van der Waals surface area contributed by atoms with Crippen molar-refractivity contribution in [2.75, 3.05) is 0 Å². The SMILES string of the molecule is CCCCCCCCCCCCc1[c-]cc(-c2ccccc2)c2c1OS(=O)(=O)O2.[Na+]. The first-order chi connectivity index (χ1) is 14.1. The van der Waals surface area contributed by atoms with Gasteiger partial charge in [0.25, 0.3) is 0 Å². The Morgan fingerprint density at radius 3 is 2.00 bits per heavy atom. The standard InChI is InChI=1S/C24H31O4S.Na/c1-2-3-4-5-6-7-8-9-10-12-17-21-18-19-22(20-15-13-11-14-16-20)24-23(21)27-29(25,26)28-24;/h11,13-16,19H,2-10,12,17H2,1H3;/q-1;+1. The van der Waals surface area contributed by atoms with Crippen LogP contribution in [0.4, 0.5) is 0 Å². The van der Waals surface area contributed by atoms with Gasteiger partial charge in [0.05, 0.1) is 11.5 Å². The Morgan fingerprint density at radius 2 is 1.37 bits per heavy atom. The van der Waals surface area contributed by atoms with Crippen molar-refractivity contribution in [3.63, 3.8) is 0 Å². The van der Waals surface area contributed by atoms with Gasteiger partial charge in [-0.25, -0.2) is 0 Å². The van der Waals surface area contributed by atoms with E-state index in [1.807, 2.05) is 36.4 Å². The van der Waals surface area contributed by atoms with Gasteiger partial charge in [-0.2, -0.15) is 12.1 Å². The number of hydrogen-bond donors (Lipinski definition) is 0. The minimum atomic E-state index is -4.03. The zero-order valence-electron chi connectivity index (χ0n) is 18.3. The molecule has 1 aliphatic rings. The summed E-state index contributed by atoms with van der Waals surface area (Å²) in [6.45, 7) is 2.24. The minimum absolute atomic E-state index is 0. The molecule has 30 heavy (non-hydrogen) atoms. The van der Waals surface area contributed by atoms with Gasteiger partial charge in [0, 0.05) is 0 Å². The van der Waals surface area contributed by atoms with E-state index in [9.17, 15) is 8.42 Å². The van der Waals surface area contributed by atoms with E-state index < -0.39 is 10.4 Å². The number of unbranched alkanes of at least 4 members (excludes halogenated alkanes) is 9. The van der Waals surface area contributed by atoms with E-state index in [1.165, 1.54) is 51.4 Å². The molecule has 0 spiro atoms. The molecule has 0 saturated carbocycles. The van der Waals surface area contributed by atoms with Crippen LogP contribution in [0.1, 0.15) is 76.7 Å². The van der Waals surface area contributed by atoms with E-state index in [0.717, 1.165) is 30.4 Å². The van der Waals surface area contributed by atoms with Crippen molar-refractivity contribution >= 4 is 10.4 Å². The van der Waals surface area contributed by atoms with Crippen LogP contribution in [0.25, 0.3) is 11.1 Å². The van der Waals surface area contributed by atoms with Gasteiger partial charge < -0.3 is 8.37 Å². The zero-order chi connectivity index (χ0) is 20.5. The van der Waals surface area contributed by atoms with Crippen LogP contribution < -0.4 is 37.9 Å². The van der Waals surface area contributed by atoms with E-state index in [-0.39, 0.29) is 35.3 Å². The van der Waals surface area contributed by atoms with Gasteiger partial charge in [-0.05, 0) is 6.42 Å². The Balaban J connectivity index is 0.00000320. The fraction of sp³-hybridized carbons (Fsp3) is 0.500. The second-order valence-electron chi connectivity index (χ2n) is 7.71. The van der Waals surface area contributed by atoms with Crippen molar-refractivity contribution in [2.24, 2.45) is 0 Å². The van der Waals surface area contributed by atoms with Crippen molar-refractivity contribution in [1.82, 2.24) is 0 Å². The topological polar surface area (TPSA) is 52.6 Å². The Morgan fingerprint density at radius 1 is 0.800 bits per heavy atom. The third-order valence-electron chi connectivity index (χ3n) is 5.35. The van der Waals surface area contributed by atoms with Gasteiger partial charge >= 0.3 is 40.0 Å². The number of aryl methyl sites for hydroxylation is 1. The molecule has 4 nitrogen and oxygen atoms in total. The smallest absolute Gasteiger partial charge is 0.413 e. The van der Waals surface area contributed by atoms with Crippen molar-refractivity contribution in [2.45, 2.75) is 77.6 Å². The van der Waals surface area contributed by atoms with Gasteiger partial charge in [-0.1, -0.05) is 113 Å². The average Bonchev–Trinajstić information content (AvgIpc) is 3.05. The normalized spacial score (nSPS) is 13.8. The molecule has 0 bridgehead atoms. The summed E-state index contributed by atoms with van der Waals surface area (Å²) < 4.78 is 34.1. The molecule has 0 saturated heterocycles. The summed E-state index contributed by atoms with van der Waals surface area (Å²) in [6, 6.07) is 14.6. The second kappa shape index (κ2) is 12.7. The predicted molar refractivity (Wildman–Crippen MR) is 116 cm³/mol. The summed E-state index contributed by atoms with van der Waals surface area (Å²) in [5.41, 5.74) is 2.35. The van der Waals surface area contributed by atoms with Crippen molar-refractivity contribution in [1.29, 1.82) is 0 Å². The van der Waals surface area contributed by atoms with E-state index in [2.05, 4.69) is 13.0 Å². The zero-order valence-corrected chi connectivity index (χ0v) is 21.1. The largest absolute Gasteiger partial charge is 1.00 e. The van der Waals surface area contributed by atoms with Crippen LogP contribution in [0.2, 0.25) is 0 Å². The third kappa shape index (κ3) is 7.30. The molecule has 6 heteroatoms. The summed E-state index contributed by atoms with van der Waals surface area (Å²) in [6.07, 6.45) is 13.4. The van der Waals surface area contributed by atoms with E-state index >= 15 is 0 Å². The fourth-order valence-corrected chi connectivity index (χ4v) is 4.53. The van der Waals surface area contributed by atoms with Crippen LogP contribution >= 0.6 is 0 Å². The fourth-order valence-electron chi connectivity index (χ4n) is 3.75. The maximum absolute atomic E-state index is 11.9. The third-order valence-corrected chi connectivity index (χ3v) is 6.09. The first-order valence-corrected chi connectivity index (χ1v) is 12.2. The summed E-state index contributed by atoms with van der Waals surface area (Å²) in [7, 11) is -4.03. The first kappa shape index (κ1) is 25.3. The van der Waals surface area contributed by atoms with E-state index in [1.54, 1.807) is 0 Å². The van der Waals surface area contributed by atoms with Gasteiger partial charge in [-0.15, -0.1) is 14.0 Å². The van der Waals surface area contributed by atoms with Gasteiger partial charge in [0.1, 0.15) is 0 Å². The molecule has 0 fully saturated rings. The van der Waals surface area contributed by atoms with Crippen LogP contribution in [-0.2, 0) is 16.8 Å². The van der Waals surface area contributed by atoms with Gasteiger partial charge in [-0.3, -0.25) is 0 Å². The average molecular weight is 439 g/mol. The molecule has 0 aliphatic carbocycles. The summed E-state index contributed by atoms with van der Waals surface area (Å²) in [4.78, 5) is 0. The molecular formula is C24H31NaO4S. The molecule has 0 atom stereocenters. The molecule has 2 aromatic carbocycles. The molecule has 2 aromatic rings. The maximum Gasteiger partial charge on any atom is 1.00 e. The number of benzene rings is 2. The monoisotopic (exact) mass is 438 g/mol. The Bertz CT molecular complexity index is 882. The molecule has 0 N–H and O–H groups in total. The molecule has 1 aliphatic heterocycles. The van der Waals surface area contributed by atoms with Gasteiger partial charge in [0.15, 0.2) is 0 Å². The van der Waals surface area contributed by atoms with Crippen LogP contribution in [0, 0.1) is 6.07 Å². The molecule has 3 rings (SSSR count). The predicted octanol–water partition coefficient (Wildman–Crippen LogP) is 3.64. The summed E-state index contributed by atoms with van der Waals surface area (Å²) in [5, 5.41) is 0. The number of fused-ring (bicyclic) bond motifs is 1. The summed E-state index contributed by atoms with van der Waals surface area (Å²) >= 11 is 0. The molecular weight excluding hydrogens is 407 g/mol. The minimum Gasteiger partial charge on any atom is -0.413 e. The number of rotatable bonds is 12. The van der Waals surface area contributed by atoms with Crippen LogP contribution in [0.3, 0.4) is 0 Å². The van der Waals surface area contributed by atoms with Gasteiger partial charge in [0.2, 0.25) is 0 Å². The van der Waals surface area contributed by atoms with Crippen molar-refractivity contribution in [3.05, 3.63) is 48.0 Å². The maximum atomic E-state index is 11.9. The van der Waals surface area contributed by atoms with E-state index in [4.69, 9.17) is 8.37 Å². The van der Waals surface area contributed by atoms with E-state index in [0.29, 0.717) is 11.3 Å². The molecule has 0 amide bonds. The molecule has 0 unspecified atom stereocenters. The van der Waals surface area contributed by atoms with Crippen LogP contribution in [-0.4, -0.2) is 8.42 Å². The molecule has 1 heterocycles.